The molecule has 0 fully saturated rings. The lowest BCUT2D eigenvalue weighted by atomic mass is 10.2. The number of nitrogens with one attached hydrogen (secondary N) is 2. The number of aromatic amines is 1. The van der Waals surface area contributed by atoms with E-state index in [4.69, 9.17) is 10.5 Å². The standard InChI is InChI=1S/C10H10N6O4/c1-20-7-3-2-5(4-6(7)16(18)19)12-9(17)8-13-10(11)15-14-8/h2-4H,1H3,(H,12,17)(H3,11,13,14,15). The predicted octanol–water partition coefficient (Wildman–Crippen LogP) is 0.556. The number of H-pyrrole nitrogens is 1. The number of nitrogens with two attached hydrogens (primary N) is 1. The fourth-order valence-electron chi connectivity index (χ4n) is 1.48. The zero-order valence-corrected chi connectivity index (χ0v) is 10.3. The molecule has 0 saturated carbocycles. The maximum absolute atomic E-state index is 11.8. The molecule has 0 atom stereocenters. The molecule has 0 saturated heterocycles. The lowest BCUT2D eigenvalue weighted by Crippen LogP contribution is -2.14. The number of methoxy groups -OCH3 is 1. The molecule has 0 unspecified atom stereocenters. The minimum atomic E-state index is -0.617. The monoisotopic (exact) mass is 278 g/mol. The molecular formula is C10H10N6O4. The van der Waals surface area contributed by atoms with Crippen molar-refractivity contribution >= 4 is 23.2 Å². The summed E-state index contributed by atoms with van der Waals surface area (Å²) in [6.45, 7) is 0. The number of carbonyl (C=O) groups is 1. The van der Waals surface area contributed by atoms with E-state index in [1.54, 1.807) is 0 Å². The zero-order chi connectivity index (χ0) is 14.7. The Labute approximate surface area is 112 Å². The molecule has 1 aromatic carbocycles. The number of amides is 1. The van der Waals surface area contributed by atoms with Crippen molar-refractivity contribution in [2.24, 2.45) is 0 Å². The Hall–Kier alpha value is -3.17. The molecular weight excluding hydrogens is 268 g/mol. The normalized spacial score (nSPS) is 10.1. The fraction of sp³-hybridized carbons (Fsp3) is 0.100. The molecule has 0 radical (unpaired) electrons. The highest BCUT2D eigenvalue weighted by atomic mass is 16.6. The van der Waals surface area contributed by atoms with E-state index >= 15 is 0 Å². The van der Waals surface area contributed by atoms with Gasteiger partial charge in [-0.1, -0.05) is 0 Å². The number of benzene rings is 1. The maximum atomic E-state index is 11.8. The van der Waals surface area contributed by atoms with Crippen LogP contribution in [0.15, 0.2) is 18.2 Å². The second-order valence-electron chi connectivity index (χ2n) is 3.64. The smallest absolute Gasteiger partial charge is 0.312 e. The molecule has 104 valence electrons. The van der Waals surface area contributed by atoms with E-state index in [0.29, 0.717) is 0 Å². The number of nitrogen functional groups attached to an aromatic ring is 1. The number of ether oxygens (including phenoxy) is 1. The highest BCUT2D eigenvalue weighted by molar-refractivity contribution is 6.01. The highest BCUT2D eigenvalue weighted by Crippen LogP contribution is 2.29. The van der Waals surface area contributed by atoms with Crippen molar-refractivity contribution in [1.82, 2.24) is 15.2 Å². The molecule has 1 amide bonds. The summed E-state index contributed by atoms with van der Waals surface area (Å²) in [5.74, 6) is -0.692. The number of hydrogen-bond donors (Lipinski definition) is 3. The van der Waals surface area contributed by atoms with Crippen LogP contribution < -0.4 is 15.8 Å². The van der Waals surface area contributed by atoms with Crippen LogP contribution in [0.4, 0.5) is 17.3 Å². The third-order valence-corrected chi connectivity index (χ3v) is 2.35. The first-order chi connectivity index (χ1) is 9.51. The van der Waals surface area contributed by atoms with E-state index in [1.165, 1.54) is 25.3 Å². The fourth-order valence-corrected chi connectivity index (χ4v) is 1.48. The first-order valence-electron chi connectivity index (χ1n) is 5.33. The summed E-state index contributed by atoms with van der Waals surface area (Å²) in [6, 6.07) is 4.02. The second-order valence-corrected chi connectivity index (χ2v) is 3.64. The summed E-state index contributed by atoms with van der Waals surface area (Å²) >= 11 is 0. The molecule has 4 N–H and O–H groups in total. The van der Waals surface area contributed by atoms with Gasteiger partial charge in [0.1, 0.15) is 0 Å². The molecule has 0 aliphatic carbocycles. The average Bonchev–Trinajstić information content (AvgIpc) is 2.85. The van der Waals surface area contributed by atoms with E-state index in [-0.39, 0.29) is 28.9 Å². The van der Waals surface area contributed by atoms with Crippen molar-refractivity contribution in [1.29, 1.82) is 0 Å². The number of nitrogens with zero attached hydrogens (tertiary/aromatic N) is 3. The van der Waals surface area contributed by atoms with Crippen molar-refractivity contribution < 1.29 is 14.5 Å². The van der Waals surface area contributed by atoms with Crippen LogP contribution in [-0.4, -0.2) is 33.1 Å². The minimum Gasteiger partial charge on any atom is -0.490 e. The summed E-state index contributed by atoms with van der Waals surface area (Å²) in [5.41, 5.74) is 5.23. The minimum absolute atomic E-state index is 0.0733. The van der Waals surface area contributed by atoms with Crippen LogP contribution in [0.1, 0.15) is 10.6 Å². The third-order valence-electron chi connectivity index (χ3n) is 2.35. The summed E-state index contributed by atoms with van der Waals surface area (Å²) in [5, 5.41) is 19.1. The quantitative estimate of drug-likeness (QED) is 0.546. The van der Waals surface area contributed by atoms with E-state index in [2.05, 4.69) is 20.5 Å². The van der Waals surface area contributed by atoms with Crippen molar-refractivity contribution in [2.45, 2.75) is 0 Å². The van der Waals surface area contributed by atoms with Crippen LogP contribution in [-0.2, 0) is 0 Å². The van der Waals surface area contributed by atoms with Crippen molar-refractivity contribution in [3.63, 3.8) is 0 Å². The number of carbonyl (C=O) groups excluding carboxylic acids is 1. The van der Waals surface area contributed by atoms with Crippen LogP contribution in [0.3, 0.4) is 0 Å². The first kappa shape index (κ1) is 13.3. The highest BCUT2D eigenvalue weighted by Gasteiger charge is 2.17. The van der Waals surface area contributed by atoms with Gasteiger partial charge in [-0.2, -0.15) is 4.98 Å². The van der Waals surface area contributed by atoms with Gasteiger partial charge in [0.05, 0.1) is 12.0 Å². The van der Waals surface area contributed by atoms with Gasteiger partial charge >= 0.3 is 5.69 Å². The summed E-state index contributed by atoms with van der Waals surface area (Å²) < 4.78 is 4.86. The molecule has 1 aromatic heterocycles. The number of hydrogen-bond acceptors (Lipinski definition) is 7. The lowest BCUT2D eigenvalue weighted by molar-refractivity contribution is -0.385. The SMILES string of the molecule is COc1ccc(NC(=O)c2nc(N)n[nH]2)cc1[N+](=O)[O-]. The van der Waals surface area contributed by atoms with Gasteiger partial charge in [-0.15, -0.1) is 5.10 Å². The van der Waals surface area contributed by atoms with E-state index < -0.39 is 10.8 Å². The van der Waals surface area contributed by atoms with Crippen LogP contribution >= 0.6 is 0 Å². The van der Waals surface area contributed by atoms with Gasteiger partial charge in [0.25, 0.3) is 5.91 Å². The largest absolute Gasteiger partial charge is 0.490 e. The average molecular weight is 278 g/mol. The van der Waals surface area contributed by atoms with Gasteiger partial charge in [-0.05, 0) is 12.1 Å². The Kier molecular flexibility index (Phi) is 3.46. The predicted molar refractivity (Wildman–Crippen MR) is 68.4 cm³/mol. The number of anilines is 2. The Morgan fingerprint density at radius 2 is 2.30 bits per heavy atom. The lowest BCUT2D eigenvalue weighted by Gasteiger charge is -2.05. The van der Waals surface area contributed by atoms with Gasteiger partial charge in [0, 0.05) is 11.8 Å². The van der Waals surface area contributed by atoms with E-state index in [9.17, 15) is 14.9 Å². The summed E-state index contributed by atoms with van der Waals surface area (Å²) in [4.78, 5) is 25.6. The molecule has 0 aliphatic rings. The molecule has 0 bridgehead atoms. The van der Waals surface area contributed by atoms with Crippen LogP contribution in [0.5, 0.6) is 5.75 Å². The van der Waals surface area contributed by atoms with Gasteiger partial charge in [-0.3, -0.25) is 20.0 Å². The Bertz CT molecular complexity index is 668. The van der Waals surface area contributed by atoms with Crippen molar-refractivity contribution in [3.8, 4) is 5.75 Å². The third kappa shape index (κ3) is 2.63. The van der Waals surface area contributed by atoms with Gasteiger partial charge in [0.15, 0.2) is 5.75 Å². The van der Waals surface area contributed by atoms with Crippen LogP contribution in [0, 0.1) is 10.1 Å². The van der Waals surface area contributed by atoms with Crippen LogP contribution in [0.2, 0.25) is 0 Å². The molecule has 10 nitrogen and oxygen atoms in total. The summed E-state index contributed by atoms with van der Waals surface area (Å²) in [6.07, 6.45) is 0. The second kappa shape index (κ2) is 5.22. The summed E-state index contributed by atoms with van der Waals surface area (Å²) in [7, 11) is 1.32. The molecule has 0 spiro atoms. The number of nitro groups is 1. The van der Waals surface area contributed by atoms with E-state index in [0.717, 1.165) is 0 Å². The molecule has 1 heterocycles. The Morgan fingerprint density at radius 3 is 2.85 bits per heavy atom. The molecule has 2 aromatic rings. The maximum Gasteiger partial charge on any atom is 0.312 e. The Balaban J connectivity index is 2.23. The molecule has 10 heteroatoms. The molecule has 0 aliphatic heterocycles. The van der Waals surface area contributed by atoms with Crippen molar-refractivity contribution in [3.05, 3.63) is 34.1 Å². The van der Waals surface area contributed by atoms with Gasteiger partial charge < -0.3 is 15.8 Å². The number of rotatable bonds is 4. The van der Waals surface area contributed by atoms with Crippen molar-refractivity contribution in [2.75, 3.05) is 18.2 Å². The molecule has 20 heavy (non-hydrogen) atoms. The zero-order valence-electron chi connectivity index (χ0n) is 10.3. The van der Waals surface area contributed by atoms with Crippen LogP contribution in [0.25, 0.3) is 0 Å². The number of aromatic nitrogens is 3. The topological polar surface area (TPSA) is 149 Å². The van der Waals surface area contributed by atoms with Gasteiger partial charge in [-0.25, -0.2) is 0 Å². The van der Waals surface area contributed by atoms with Gasteiger partial charge in [0.2, 0.25) is 11.8 Å². The number of nitro benzene ring substituents is 1. The first-order valence-corrected chi connectivity index (χ1v) is 5.33. The van der Waals surface area contributed by atoms with E-state index in [1.807, 2.05) is 0 Å². The Morgan fingerprint density at radius 1 is 1.55 bits per heavy atom. The molecule has 2 rings (SSSR count).